The van der Waals surface area contributed by atoms with Crippen LogP contribution < -0.4 is 0 Å². The van der Waals surface area contributed by atoms with Gasteiger partial charge >= 0.3 is 17.9 Å². The van der Waals surface area contributed by atoms with E-state index in [0.29, 0.717) is 19.3 Å². The van der Waals surface area contributed by atoms with Crippen LogP contribution in [-0.2, 0) is 28.6 Å². The van der Waals surface area contributed by atoms with Crippen molar-refractivity contribution >= 4 is 17.9 Å². The molecule has 0 aliphatic carbocycles. The molecule has 6 nitrogen and oxygen atoms in total. The highest BCUT2D eigenvalue weighted by molar-refractivity contribution is 5.71. The van der Waals surface area contributed by atoms with Crippen LogP contribution in [0.15, 0.2) is 0 Å². The zero-order valence-corrected chi connectivity index (χ0v) is 48.7. The van der Waals surface area contributed by atoms with E-state index in [4.69, 9.17) is 14.2 Å². The fourth-order valence-corrected chi connectivity index (χ4v) is 10.1. The van der Waals surface area contributed by atoms with E-state index in [1.54, 1.807) is 0 Å². The zero-order valence-electron chi connectivity index (χ0n) is 48.7. The molecule has 0 aliphatic rings. The van der Waals surface area contributed by atoms with Gasteiger partial charge in [0, 0.05) is 19.3 Å². The van der Waals surface area contributed by atoms with E-state index in [2.05, 4.69) is 27.7 Å². The number of rotatable bonds is 60. The number of ether oxygens (including phenoxy) is 3. The van der Waals surface area contributed by atoms with Crippen molar-refractivity contribution in [1.29, 1.82) is 0 Å². The highest BCUT2D eigenvalue weighted by Gasteiger charge is 2.19. The van der Waals surface area contributed by atoms with E-state index in [0.717, 1.165) is 63.7 Å². The number of carbonyl (C=O) groups excluding carboxylic acids is 3. The summed E-state index contributed by atoms with van der Waals surface area (Å²) in [5.41, 5.74) is 0. The average molecular weight is 1000 g/mol. The van der Waals surface area contributed by atoms with Gasteiger partial charge in [0.1, 0.15) is 13.2 Å². The molecular formula is C65H126O6. The fourth-order valence-electron chi connectivity index (χ4n) is 10.1. The lowest BCUT2D eigenvalue weighted by atomic mass is 9.99. The molecule has 0 spiro atoms. The molecule has 0 fully saturated rings. The van der Waals surface area contributed by atoms with Gasteiger partial charge in [-0.2, -0.15) is 0 Å². The van der Waals surface area contributed by atoms with Gasteiger partial charge in [-0.05, 0) is 25.2 Å². The normalized spacial score (nSPS) is 12.3. The van der Waals surface area contributed by atoms with E-state index >= 15 is 0 Å². The second kappa shape index (κ2) is 59.3. The first-order valence-electron chi connectivity index (χ1n) is 32.4. The Kier molecular flexibility index (Phi) is 58.0. The number of hydrogen-bond acceptors (Lipinski definition) is 6. The monoisotopic (exact) mass is 1000 g/mol. The molecule has 1 unspecified atom stereocenters. The summed E-state index contributed by atoms with van der Waals surface area (Å²) >= 11 is 0. The summed E-state index contributed by atoms with van der Waals surface area (Å²) in [6.45, 7) is 9.13. The van der Waals surface area contributed by atoms with E-state index in [-0.39, 0.29) is 31.1 Å². The van der Waals surface area contributed by atoms with Crippen LogP contribution >= 0.6 is 0 Å². The van der Waals surface area contributed by atoms with Crippen LogP contribution in [0.2, 0.25) is 0 Å². The van der Waals surface area contributed by atoms with Crippen LogP contribution in [0.25, 0.3) is 0 Å². The summed E-state index contributed by atoms with van der Waals surface area (Å²) in [7, 11) is 0. The van der Waals surface area contributed by atoms with E-state index in [9.17, 15) is 14.4 Å². The first kappa shape index (κ1) is 69.4. The second-order valence-electron chi connectivity index (χ2n) is 22.6. The Bertz CT molecular complexity index is 1080. The first-order chi connectivity index (χ1) is 34.9. The van der Waals surface area contributed by atoms with Gasteiger partial charge in [0.25, 0.3) is 0 Å². The van der Waals surface area contributed by atoms with Gasteiger partial charge in [-0.25, -0.2) is 0 Å². The molecule has 0 aromatic carbocycles. The minimum absolute atomic E-state index is 0.0610. The Hall–Kier alpha value is -1.59. The minimum Gasteiger partial charge on any atom is -0.462 e. The largest absolute Gasteiger partial charge is 0.462 e. The Morgan fingerprint density at radius 3 is 0.732 bits per heavy atom. The molecule has 2 atom stereocenters. The molecule has 0 bridgehead atoms. The summed E-state index contributed by atoms with van der Waals surface area (Å²) in [4.78, 5) is 38.3. The molecular weight excluding hydrogens is 877 g/mol. The topological polar surface area (TPSA) is 78.9 Å². The Balaban J connectivity index is 4.26. The van der Waals surface area contributed by atoms with Crippen LogP contribution in [0.5, 0.6) is 0 Å². The van der Waals surface area contributed by atoms with Gasteiger partial charge < -0.3 is 14.2 Å². The lowest BCUT2D eigenvalue weighted by Gasteiger charge is -2.18. The Morgan fingerprint density at radius 1 is 0.282 bits per heavy atom. The first-order valence-corrected chi connectivity index (χ1v) is 32.4. The molecule has 0 amide bonds. The van der Waals surface area contributed by atoms with Crippen molar-refractivity contribution in [1.82, 2.24) is 0 Å². The van der Waals surface area contributed by atoms with Gasteiger partial charge in [0.05, 0.1) is 0 Å². The van der Waals surface area contributed by atoms with Crippen molar-refractivity contribution in [3.05, 3.63) is 0 Å². The lowest BCUT2D eigenvalue weighted by Crippen LogP contribution is -2.30. The molecule has 0 rings (SSSR count). The number of esters is 3. The number of hydrogen-bond donors (Lipinski definition) is 0. The third-order valence-electron chi connectivity index (χ3n) is 15.4. The third kappa shape index (κ3) is 57.5. The summed E-state index contributed by atoms with van der Waals surface area (Å²) < 4.78 is 17.0. The van der Waals surface area contributed by atoms with Crippen molar-refractivity contribution in [2.75, 3.05) is 13.2 Å². The minimum atomic E-state index is -0.763. The van der Waals surface area contributed by atoms with Gasteiger partial charge in [0.2, 0.25) is 0 Å². The molecule has 0 aromatic rings. The SMILES string of the molecule is CCCCCCCCCCCCCCCCCCCC(=O)OC[C@@H](COC(=O)CCCCCCCCCCCCCCCC)OC(=O)CCCCCCCCCCCCCCCCCCCCC(C)CC. The van der Waals surface area contributed by atoms with Gasteiger partial charge in [-0.3, -0.25) is 14.4 Å². The standard InChI is InChI=1S/C65H126O6/c1-5-8-10-12-14-16-18-20-22-25-29-33-37-41-45-49-53-57-64(67)70-60-62(59-69-63(66)56-52-48-44-40-36-32-21-19-17-15-13-11-9-6-2)71-65(68)58-54-50-46-42-38-34-30-27-24-23-26-28-31-35-39-43-47-51-55-61(4)7-3/h61-62H,5-60H2,1-4H3/t61?,62-/m1/s1. The van der Waals surface area contributed by atoms with E-state index < -0.39 is 6.10 Å². The Morgan fingerprint density at radius 2 is 0.493 bits per heavy atom. The third-order valence-corrected chi connectivity index (χ3v) is 15.4. The van der Waals surface area contributed by atoms with Crippen molar-refractivity contribution in [2.45, 2.75) is 381 Å². The molecule has 71 heavy (non-hydrogen) atoms. The molecule has 422 valence electrons. The van der Waals surface area contributed by atoms with Crippen LogP contribution in [0.4, 0.5) is 0 Å². The lowest BCUT2D eigenvalue weighted by molar-refractivity contribution is -0.167. The predicted octanol–water partition coefficient (Wildman–Crippen LogP) is 21.7. The van der Waals surface area contributed by atoms with Crippen molar-refractivity contribution < 1.29 is 28.6 Å². The maximum Gasteiger partial charge on any atom is 0.306 e. The van der Waals surface area contributed by atoms with Crippen LogP contribution in [0.1, 0.15) is 374 Å². The van der Waals surface area contributed by atoms with Crippen molar-refractivity contribution in [3.8, 4) is 0 Å². The van der Waals surface area contributed by atoms with Gasteiger partial charge in [-0.15, -0.1) is 0 Å². The summed E-state index contributed by atoms with van der Waals surface area (Å²) in [6, 6.07) is 0. The second-order valence-corrected chi connectivity index (χ2v) is 22.6. The number of unbranched alkanes of at least 4 members (excludes halogenated alkanes) is 46. The van der Waals surface area contributed by atoms with Gasteiger partial charge in [0.15, 0.2) is 6.10 Å². The highest BCUT2D eigenvalue weighted by atomic mass is 16.6. The zero-order chi connectivity index (χ0) is 51.6. The van der Waals surface area contributed by atoms with E-state index in [1.807, 2.05) is 0 Å². The summed E-state index contributed by atoms with van der Waals surface area (Å²) in [5.74, 6) is 0.0828. The van der Waals surface area contributed by atoms with E-state index in [1.165, 1.54) is 270 Å². The average Bonchev–Trinajstić information content (AvgIpc) is 3.37. The molecule has 0 aromatic heterocycles. The maximum atomic E-state index is 12.9. The molecule has 0 radical (unpaired) electrons. The smallest absolute Gasteiger partial charge is 0.306 e. The van der Waals surface area contributed by atoms with Crippen LogP contribution in [0.3, 0.4) is 0 Å². The molecule has 0 saturated heterocycles. The van der Waals surface area contributed by atoms with Crippen molar-refractivity contribution in [3.63, 3.8) is 0 Å². The van der Waals surface area contributed by atoms with Crippen LogP contribution in [0, 0.1) is 5.92 Å². The van der Waals surface area contributed by atoms with Crippen molar-refractivity contribution in [2.24, 2.45) is 5.92 Å². The molecule has 6 heteroatoms. The fraction of sp³-hybridized carbons (Fsp3) is 0.954. The highest BCUT2D eigenvalue weighted by Crippen LogP contribution is 2.19. The Labute approximate surface area is 444 Å². The summed E-state index contributed by atoms with van der Waals surface area (Å²) in [6.07, 6.45) is 66.7. The van der Waals surface area contributed by atoms with Crippen LogP contribution in [-0.4, -0.2) is 37.2 Å². The van der Waals surface area contributed by atoms with Gasteiger partial charge in [-0.1, -0.05) is 336 Å². The maximum absolute atomic E-state index is 12.9. The molecule has 0 heterocycles. The predicted molar refractivity (Wildman–Crippen MR) is 307 cm³/mol. The summed E-state index contributed by atoms with van der Waals surface area (Å²) in [5, 5.41) is 0. The molecule has 0 saturated carbocycles. The quantitative estimate of drug-likeness (QED) is 0.0343. The number of carbonyl (C=O) groups is 3. The molecule has 0 N–H and O–H groups in total. The molecule has 0 aliphatic heterocycles.